The van der Waals surface area contributed by atoms with Gasteiger partial charge >= 0.3 is 0 Å². The van der Waals surface area contributed by atoms with Crippen LogP contribution in [0.5, 0.6) is 0 Å². The summed E-state index contributed by atoms with van der Waals surface area (Å²) < 4.78 is 0. The molecule has 1 unspecified atom stereocenters. The van der Waals surface area contributed by atoms with Crippen molar-refractivity contribution in [1.29, 1.82) is 0 Å². The van der Waals surface area contributed by atoms with Gasteiger partial charge in [-0.05, 0) is 36.8 Å². The Bertz CT molecular complexity index is 216. The van der Waals surface area contributed by atoms with Crippen LogP contribution >= 0.6 is 0 Å². The van der Waals surface area contributed by atoms with E-state index in [1.807, 2.05) is 0 Å². The average molecular weight is 240 g/mol. The quantitative estimate of drug-likeness (QED) is 0.817. The minimum atomic E-state index is 0.226. The van der Waals surface area contributed by atoms with Crippen LogP contribution in [0, 0.1) is 10.8 Å². The standard InChI is InChI=1S/C15H32N2/c1-6-15(7-2)8-10-17(11-9-15)12-13(16)14(3,4)5/h13H,6-12,16H2,1-5H3. The van der Waals surface area contributed by atoms with Crippen molar-refractivity contribution in [1.82, 2.24) is 4.90 Å². The maximum atomic E-state index is 6.27. The van der Waals surface area contributed by atoms with Crippen LogP contribution in [0.1, 0.15) is 60.3 Å². The van der Waals surface area contributed by atoms with E-state index in [1.54, 1.807) is 0 Å². The van der Waals surface area contributed by atoms with Crippen LogP contribution in [0.15, 0.2) is 0 Å². The van der Waals surface area contributed by atoms with Gasteiger partial charge in [0.2, 0.25) is 0 Å². The SMILES string of the molecule is CCC1(CC)CCN(CC(N)C(C)(C)C)CC1. The molecule has 2 N–H and O–H groups in total. The van der Waals surface area contributed by atoms with Gasteiger partial charge in [0.25, 0.3) is 0 Å². The summed E-state index contributed by atoms with van der Waals surface area (Å²) in [6.45, 7) is 15.0. The molecule has 2 nitrogen and oxygen atoms in total. The van der Waals surface area contributed by atoms with Crippen LogP contribution in [0.4, 0.5) is 0 Å². The van der Waals surface area contributed by atoms with E-state index in [0.29, 0.717) is 11.5 Å². The summed E-state index contributed by atoms with van der Waals surface area (Å²) in [5.74, 6) is 0. The average Bonchev–Trinajstić information content (AvgIpc) is 2.29. The molecule has 1 rings (SSSR count). The lowest BCUT2D eigenvalue weighted by Crippen LogP contribution is -2.49. The molecule has 17 heavy (non-hydrogen) atoms. The number of nitrogens with zero attached hydrogens (tertiary/aromatic N) is 1. The number of piperidine rings is 1. The smallest absolute Gasteiger partial charge is 0.0217 e. The maximum Gasteiger partial charge on any atom is 0.0217 e. The Morgan fingerprint density at radius 2 is 1.59 bits per heavy atom. The maximum absolute atomic E-state index is 6.27. The summed E-state index contributed by atoms with van der Waals surface area (Å²) in [7, 11) is 0. The van der Waals surface area contributed by atoms with E-state index >= 15 is 0 Å². The topological polar surface area (TPSA) is 29.3 Å². The molecule has 1 aliphatic rings. The van der Waals surface area contributed by atoms with Gasteiger partial charge in [-0.25, -0.2) is 0 Å². The van der Waals surface area contributed by atoms with Crippen LogP contribution in [-0.2, 0) is 0 Å². The van der Waals surface area contributed by atoms with Gasteiger partial charge in [-0.1, -0.05) is 47.5 Å². The van der Waals surface area contributed by atoms with Gasteiger partial charge in [0, 0.05) is 12.6 Å². The third-order valence-corrected chi connectivity index (χ3v) is 4.98. The van der Waals surface area contributed by atoms with Crippen LogP contribution in [0.25, 0.3) is 0 Å². The fourth-order valence-corrected chi connectivity index (χ4v) is 2.72. The zero-order valence-electron chi connectivity index (χ0n) is 12.6. The zero-order chi connectivity index (χ0) is 13.1. The zero-order valence-corrected chi connectivity index (χ0v) is 12.6. The summed E-state index contributed by atoms with van der Waals surface area (Å²) in [6, 6.07) is 0.290. The molecular formula is C15H32N2. The first-order valence-corrected chi connectivity index (χ1v) is 7.31. The highest BCUT2D eigenvalue weighted by Gasteiger charge is 2.32. The summed E-state index contributed by atoms with van der Waals surface area (Å²) in [4.78, 5) is 2.57. The Morgan fingerprint density at radius 1 is 1.12 bits per heavy atom. The van der Waals surface area contributed by atoms with E-state index in [0.717, 1.165) is 6.54 Å². The van der Waals surface area contributed by atoms with Crippen molar-refractivity contribution in [3.8, 4) is 0 Å². The Kier molecular flexibility index (Phi) is 5.03. The van der Waals surface area contributed by atoms with E-state index in [1.165, 1.54) is 38.8 Å². The number of nitrogens with two attached hydrogens (primary N) is 1. The molecule has 102 valence electrons. The molecule has 0 amide bonds. The van der Waals surface area contributed by atoms with Crippen molar-refractivity contribution in [2.75, 3.05) is 19.6 Å². The van der Waals surface area contributed by atoms with Crippen molar-refractivity contribution >= 4 is 0 Å². The predicted molar refractivity (Wildman–Crippen MR) is 76.1 cm³/mol. The van der Waals surface area contributed by atoms with Crippen molar-refractivity contribution in [2.24, 2.45) is 16.6 Å². The molecule has 1 heterocycles. The van der Waals surface area contributed by atoms with E-state index in [9.17, 15) is 0 Å². The molecule has 0 spiro atoms. The minimum absolute atomic E-state index is 0.226. The second-order valence-electron chi connectivity index (χ2n) is 6.98. The number of hydrogen-bond acceptors (Lipinski definition) is 2. The summed E-state index contributed by atoms with van der Waals surface area (Å²) in [6.07, 6.45) is 5.39. The van der Waals surface area contributed by atoms with Gasteiger partial charge in [0.15, 0.2) is 0 Å². The lowest BCUT2D eigenvalue weighted by molar-refractivity contribution is 0.0812. The van der Waals surface area contributed by atoms with Gasteiger partial charge in [-0.15, -0.1) is 0 Å². The van der Waals surface area contributed by atoms with Crippen molar-refractivity contribution in [3.63, 3.8) is 0 Å². The normalized spacial score (nSPS) is 23.6. The molecule has 2 heteroatoms. The third-order valence-electron chi connectivity index (χ3n) is 4.98. The van der Waals surface area contributed by atoms with E-state index in [2.05, 4.69) is 39.5 Å². The highest BCUT2D eigenvalue weighted by molar-refractivity contribution is 4.87. The molecule has 0 bridgehead atoms. The molecule has 0 aliphatic carbocycles. The van der Waals surface area contributed by atoms with Crippen LogP contribution in [0.3, 0.4) is 0 Å². The lowest BCUT2D eigenvalue weighted by atomic mass is 9.74. The van der Waals surface area contributed by atoms with Crippen LogP contribution in [-0.4, -0.2) is 30.6 Å². The summed E-state index contributed by atoms with van der Waals surface area (Å²) >= 11 is 0. The molecule has 1 atom stereocenters. The van der Waals surface area contributed by atoms with Crippen molar-refractivity contribution in [2.45, 2.75) is 66.3 Å². The number of rotatable bonds is 4. The molecule has 1 fully saturated rings. The number of likely N-dealkylation sites (tertiary alicyclic amines) is 1. The first-order chi connectivity index (χ1) is 7.83. The highest BCUT2D eigenvalue weighted by Crippen LogP contribution is 2.38. The van der Waals surface area contributed by atoms with Crippen molar-refractivity contribution in [3.05, 3.63) is 0 Å². The third kappa shape index (κ3) is 3.96. The van der Waals surface area contributed by atoms with Crippen molar-refractivity contribution < 1.29 is 0 Å². The van der Waals surface area contributed by atoms with Gasteiger partial charge in [0.1, 0.15) is 0 Å². The Hall–Kier alpha value is -0.0800. The van der Waals surface area contributed by atoms with E-state index in [-0.39, 0.29) is 5.41 Å². The second kappa shape index (κ2) is 5.71. The lowest BCUT2D eigenvalue weighted by Gasteiger charge is -2.43. The Balaban J connectivity index is 2.42. The first kappa shape index (κ1) is 15.0. The Morgan fingerprint density at radius 3 is 1.94 bits per heavy atom. The molecule has 0 aromatic heterocycles. The summed E-state index contributed by atoms with van der Waals surface area (Å²) in [5.41, 5.74) is 7.13. The largest absolute Gasteiger partial charge is 0.326 e. The van der Waals surface area contributed by atoms with Gasteiger partial charge in [0.05, 0.1) is 0 Å². The minimum Gasteiger partial charge on any atom is -0.326 e. The molecule has 0 radical (unpaired) electrons. The monoisotopic (exact) mass is 240 g/mol. The summed E-state index contributed by atoms with van der Waals surface area (Å²) in [5, 5.41) is 0. The van der Waals surface area contributed by atoms with E-state index < -0.39 is 0 Å². The fourth-order valence-electron chi connectivity index (χ4n) is 2.72. The van der Waals surface area contributed by atoms with Crippen LogP contribution < -0.4 is 5.73 Å². The van der Waals surface area contributed by atoms with Gasteiger partial charge < -0.3 is 10.6 Å². The molecule has 1 saturated heterocycles. The highest BCUT2D eigenvalue weighted by atomic mass is 15.1. The molecular weight excluding hydrogens is 208 g/mol. The second-order valence-corrected chi connectivity index (χ2v) is 6.98. The molecule has 1 aliphatic heterocycles. The molecule has 0 saturated carbocycles. The molecule has 0 aromatic rings. The fraction of sp³-hybridized carbons (Fsp3) is 1.00. The van der Waals surface area contributed by atoms with Gasteiger partial charge in [-0.2, -0.15) is 0 Å². The van der Waals surface area contributed by atoms with Gasteiger partial charge in [-0.3, -0.25) is 0 Å². The predicted octanol–water partition coefficient (Wildman–Crippen LogP) is 3.26. The van der Waals surface area contributed by atoms with Crippen LogP contribution in [0.2, 0.25) is 0 Å². The van der Waals surface area contributed by atoms with E-state index in [4.69, 9.17) is 5.73 Å². The first-order valence-electron chi connectivity index (χ1n) is 7.31. The number of hydrogen-bond donors (Lipinski definition) is 1. The molecule has 0 aromatic carbocycles. The Labute approximate surface area is 108 Å².